The van der Waals surface area contributed by atoms with Crippen molar-refractivity contribution in [1.29, 1.82) is 0 Å². The Kier molecular flexibility index (Phi) is 6.60. The molecule has 0 unspecified atom stereocenters. The van der Waals surface area contributed by atoms with Gasteiger partial charge in [-0.25, -0.2) is 4.79 Å². The summed E-state index contributed by atoms with van der Waals surface area (Å²) in [5, 5.41) is 3.42. The lowest BCUT2D eigenvalue weighted by atomic mass is 9.89. The molecule has 1 saturated heterocycles. The molecule has 1 amide bonds. The zero-order chi connectivity index (χ0) is 14.2. The molecule has 0 atom stereocenters. The minimum Gasteiger partial charge on any atom is -0.448 e. The highest BCUT2D eigenvalue weighted by Crippen LogP contribution is 2.22. The first-order valence-electron chi connectivity index (χ1n) is 8.06. The van der Waals surface area contributed by atoms with Gasteiger partial charge < -0.3 is 19.9 Å². The van der Waals surface area contributed by atoms with E-state index in [4.69, 9.17) is 4.74 Å². The summed E-state index contributed by atoms with van der Waals surface area (Å²) in [5.41, 5.74) is 0. The summed E-state index contributed by atoms with van der Waals surface area (Å²) in [7, 11) is 2.08. The highest BCUT2D eigenvalue weighted by atomic mass is 16.6. The number of piperazine rings is 1. The fourth-order valence-corrected chi connectivity index (χ4v) is 2.99. The van der Waals surface area contributed by atoms with Gasteiger partial charge in [0.05, 0.1) is 0 Å². The molecule has 0 spiro atoms. The molecule has 2 rings (SSSR count). The van der Waals surface area contributed by atoms with E-state index in [2.05, 4.69) is 17.3 Å². The van der Waals surface area contributed by atoms with Crippen LogP contribution in [0.1, 0.15) is 32.1 Å². The van der Waals surface area contributed by atoms with Crippen LogP contribution in [0.4, 0.5) is 4.79 Å². The zero-order valence-electron chi connectivity index (χ0n) is 12.8. The molecular formula is C15H29N3O2. The Morgan fingerprint density at radius 1 is 1.15 bits per heavy atom. The fourth-order valence-electron chi connectivity index (χ4n) is 2.99. The highest BCUT2D eigenvalue weighted by molar-refractivity contribution is 5.67. The van der Waals surface area contributed by atoms with Crippen LogP contribution in [0.5, 0.6) is 0 Å². The minimum absolute atomic E-state index is 0.155. The van der Waals surface area contributed by atoms with Crippen LogP contribution in [0.3, 0.4) is 0 Å². The number of carbonyl (C=O) groups excluding carboxylic acids is 1. The van der Waals surface area contributed by atoms with Gasteiger partial charge in [0.15, 0.2) is 0 Å². The largest absolute Gasteiger partial charge is 0.448 e. The summed E-state index contributed by atoms with van der Waals surface area (Å²) in [6, 6.07) is 0. The van der Waals surface area contributed by atoms with Gasteiger partial charge in [-0.05, 0) is 32.4 Å². The van der Waals surface area contributed by atoms with E-state index >= 15 is 0 Å². The van der Waals surface area contributed by atoms with Crippen LogP contribution in [0.2, 0.25) is 0 Å². The van der Waals surface area contributed by atoms with Crippen molar-refractivity contribution in [2.45, 2.75) is 32.1 Å². The van der Waals surface area contributed by atoms with Crippen LogP contribution in [0, 0.1) is 5.92 Å². The van der Waals surface area contributed by atoms with Gasteiger partial charge in [-0.2, -0.15) is 0 Å². The van der Waals surface area contributed by atoms with Crippen LogP contribution in [-0.4, -0.2) is 68.8 Å². The van der Waals surface area contributed by atoms with Gasteiger partial charge >= 0.3 is 6.09 Å². The summed E-state index contributed by atoms with van der Waals surface area (Å²) >= 11 is 0. The number of carbonyl (C=O) groups is 1. The molecule has 1 N–H and O–H groups in total. The second-order valence-corrected chi connectivity index (χ2v) is 6.11. The average molecular weight is 283 g/mol. The maximum atomic E-state index is 11.8. The lowest BCUT2D eigenvalue weighted by Gasteiger charge is -2.31. The van der Waals surface area contributed by atoms with Gasteiger partial charge in [-0.15, -0.1) is 0 Å². The molecule has 20 heavy (non-hydrogen) atoms. The average Bonchev–Trinajstić information content (AvgIpc) is 2.48. The van der Waals surface area contributed by atoms with Crippen molar-refractivity contribution in [1.82, 2.24) is 15.1 Å². The van der Waals surface area contributed by atoms with Crippen molar-refractivity contribution >= 4 is 6.09 Å². The summed E-state index contributed by atoms with van der Waals surface area (Å²) in [4.78, 5) is 15.9. The molecule has 1 aliphatic heterocycles. The normalized spacial score (nSPS) is 21.9. The third kappa shape index (κ3) is 5.29. The monoisotopic (exact) mass is 283 g/mol. The molecule has 0 bridgehead atoms. The molecule has 0 aromatic carbocycles. The number of nitrogens with zero attached hydrogens (tertiary/aromatic N) is 2. The fraction of sp³-hybridized carbons (Fsp3) is 0.933. The summed E-state index contributed by atoms with van der Waals surface area (Å²) < 4.78 is 5.31. The van der Waals surface area contributed by atoms with Gasteiger partial charge in [-0.1, -0.05) is 19.3 Å². The van der Waals surface area contributed by atoms with E-state index < -0.39 is 0 Å². The van der Waals surface area contributed by atoms with Crippen molar-refractivity contribution in [2.75, 3.05) is 52.9 Å². The number of amides is 1. The van der Waals surface area contributed by atoms with Crippen LogP contribution >= 0.6 is 0 Å². The second kappa shape index (κ2) is 8.47. The number of ether oxygens (including phenoxy) is 1. The summed E-state index contributed by atoms with van der Waals surface area (Å²) in [5.74, 6) is 0.831. The molecular weight excluding hydrogens is 254 g/mol. The highest BCUT2D eigenvalue weighted by Gasteiger charge is 2.19. The first-order valence-corrected chi connectivity index (χ1v) is 8.06. The van der Waals surface area contributed by atoms with E-state index in [-0.39, 0.29) is 6.09 Å². The third-order valence-corrected chi connectivity index (χ3v) is 4.42. The minimum atomic E-state index is -0.155. The molecule has 0 aromatic heterocycles. The standard InChI is InChI=1S/C15H29N3O2/c1-17-8-10-18(11-9-17)15(19)20-12-7-16-13-14-5-3-2-4-6-14/h14,16H,2-13H2,1H3. The van der Waals surface area contributed by atoms with E-state index in [9.17, 15) is 4.79 Å². The first-order chi connectivity index (χ1) is 9.75. The summed E-state index contributed by atoms with van der Waals surface area (Å²) in [6.07, 6.45) is 6.72. The first kappa shape index (κ1) is 15.6. The topological polar surface area (TPSA) is 44.8 Å². The molecule has 0 radical (unpaired) electrons. The molecule has 2 aliphatic rings. The molecule has 5 heteroatoms. The SMILES string of the molecule is CN1CCN(C(=O)OCCNCC2CCCCC2)CC1. The number of hydrogen-bond acceptors (Lipinski definition) is 4. The smallest absolute Gasteiger partial charge is 0.409 e. The van der Waals surface area contributed by atoms with E-state index in [1.807, 2.05) is 0 Å². The number of hydrogen-bond donors (Lipinski definition) is 1. The van der Waals surface area contributed by atoms with E-state index in [1.165, 1.54) is 32.1 Å². The van der Waals surface area contributed by atoms with Crippen molar-refractivity contribution < 1.29 is 9.53 Å². The number of nitrogens with one attached hydrogen (secondary N) is 1. The quantitative estimate of drug-likeness (QED) is 0.777. The number of rotatable bonds is 5. The van der Waals surface area contributed by atoms with Gasteiger partial charge in [0.1, 0.15) is 6.61 Å². The molecule has 1 saturated carbocycles. The third-order valence-electron chi connectivity index (χ3n) is 4.42. The van der Waals surface area contributed by atoms with Crippen LogP contribution in [-0.2, 0) is 4.74 Å². The zero-order valence-corrected chi connectivity index (χ0v) is 12.8. The van der Waals surface area contributed by atoms with E-state index in [0.29, 0.717) is 6.61 Å². The van der Waals surface area contributed by atoms with Crippen molar-refractivity contribution in [2.24, 2.45) is 5.92 Å². The van der Waals surface area contributed by atoms with Crippen molar-refractivity contribution in [3.63, 3.8) is 0 Å². The van der Waals surface area contributed by atoms with E-state index in [1.54, 1.807) is 4.90 Å². The van der Waals surface area contributed by atoms with E-state index in [0.717, 1.165) is 45.2 Å². The van der Waals surface area contributed by atoms with Gasteiger partial charge in [0.2, 0.25) is 0 Å². The number of likely N-dealkylation sites (N-methyl/N-ethyl adjacent to an activating group) is 1. The Balaban J connectivity index is 1.49. The predicted octanol–water partition coefficient (Wildman–Crippen LogP) is 1.54. The molecule has 116 valence electrons. The summed E-state index contributed by atoms with van der Waals surface area (Å²) in [6.45, 7) is 5.78. The Hall–Kier alpha value is -0.810. The lowest BCUT2D eigenvalue weighted by Crippen LogP contribution is -2.47. The van der Waals surface area contributed by atoms with Gasteiger partial charge in [0.25, 0.3) is 0 Å². The molecule has 1 aliphatic carbocycles. The predicted molar refractivity (Wildman–Crippen MR) is 79.9 cm³/mol. The van der Waals surface area contributed by atoms with Crippen LogP contribution in [0.15, 0.2) is 0 Å². The Bertz CT molecular complexity index is 285. The van der Waals surface area contributed by atoms with Gasteiger partial charge in [0, 0.05) is 32.7 Å². The van der Waals surface area contributed by atoms with Crippen molar-refractivity contribution in [3.8, 4) is 0 Å². The van der Waals surface area contributed by atoms with Crippen molar-refractivity contribution in [3.05, 3.63) is 0 Å². The Morgan fingerprint density at radius 2 is 1.85 bits per heavy atom. The van der Waals surface area contributed by atoms with Crippen LogP contribution < -0.4 is 5.32 Å². The van der Waals surface area contributed by atoms with Crippen LogP contribution in [0.25, 0.3) is 0 Å². The Labute approximate surface area is 122 Å². The molecule has 5 nitrogen and oxygen atoms in total. The maximum Gasteiger partial charge on any atom is 0.409 e. The molecule has 0 aromatic rings. The Morgan fingerprint density at radius 3 is 2.55 bits per heavy atom. The molecule has 2 fully saturated rings. The second-order valence-electron chi connectivity index (χ2n) is 6.11. The van der Waals surface area contributed by atoms with Gasteiger partial charge in [-0.3, -0.25) is 0 Å². The maximum absolute atomic E-state index is 11.8. The lowest BCUT2D eigenvalue weighted by molar-refractivity contribution is 0.0822. The molecule has 1 heterocycles.